The molecular weight excluding hydrogens is 126 g/mol. The van der Waals surface area contributed by atoms with Crippen LogP contribution in [-0.2, 0) is 0 Å². The predicted molar refractivity (Wildman–Crippen MR) is 39.7 cm³/mol. The standard InChI is InChI=1S/C7H13N3/c1-3-9-10-7(2)5-4-6-8/h7H,3-5H2,1-2H3. The van der Waals surface area contributed by atoms with Crippen molar-refractivity contribution in [2.24, 2.45) is 10.2 Å². The van der Waals surface area contributed by atoms with Gasteiger partial charge in [0, 0.05) is 6.42 Å². The summed E-state index contributed by atoms with van der Waals surface area (Å²) in [5, 5.41) is 16.0. The van der Waals surface area contributed by atoms with E-state index < -0.39 is 0 Å². The minimum atomic E-state index is 0.208. The second-order valence-electron chi connectivity index (χ2n) is 2.12. The zero-order valence-corrected chi connectivity index (χ0v) is 6.54. The topological polar surface area (TPSA) is 48.5 Å². The molecule has 0 amide bonds. The van der Waals surface area contributed by atoms with E-state index in [1.807, 2.05) is 13.8 Å². The molecule has 0 radical (unpaired) electrons. The zero-order chi connectivity index (χ0) is 7.82. The van der Waals surface area contributed by atoms with Gasteiger partial charge in [0.2, 0.25) is 0 Å². The van der Waals surface area contributed by atoms with E-state index in [9.17, 15) is 0 Å². The molecule has 0 rings (SSSR count). The highest BCUT2D eigenvalue weighted by molar-refractivity contribution is 4.72. The summed E-state index contributed by atoms with van der Waals surface area (Å²) in [6.07, 6.45) is 1.39. The van der Waals surface area contributed by atoms with Crippen LogP contribution in [0.3, 0.4) is 0 Å². The lowest BCUT2D eigenvalue weighted by atomic mass is 10.2. The Morgan fingerprint density at radius 1 is 1.60 bits per heavy atom. The molecule has 0 spiro atoms. The van der Waals surface area contributed by atoms with Crippen molar-refractivity contribution in [2.75, 3.05) is 6.54 Å². The fourth-order valence-corrected chi connectivity index (χ4v) is 0.552. The summed E-state index contributed by atoms with van der Waals surface area (Å²) in [5.74, 6) is 0. The monoisotopic (exact) mass is 139 g/mol. The summed E-state index contributed by atoms with van der Waals surface area (Å²) >= 11 is 0. The highest BCUT2D eigenvalue weighted by Gasteiger charge is 1.95. The average molecular weight is 139 g/mol. The van der Waals surface area contributed by atoms with E-state index in [0.717, 1.165) is 13.0 Å². The van der Waals surface area contributed by atoms with Gasteiger partial charge >= 0.3 is 0 Å². The van der Waals surface area contributed by atoms with Crippen LogP contribution < -0.4 is 0 Å². The van der Waals surface area contributed by atoms with Gasteiger partial charge in [-0.25, -0.2) is 0 Å². The lowest BCUT2D eigenvalue weighted by Crippen LogP contribution is -1.95. The van der Waals surface area contributed by atoms with E-state index in [0.29, 0.717) is 6.42 Å². The summed E-state index contributed by atoms with van der Waals surface area (Å²) in [6.45, 7) is 4.65. The van der Waals surface area contributed by atoms with Gasteiger partial charge in [-0.3, -0.25) is 0 Å². The first-order chi connectivity index (χ1) is 4.81. The van der Waals surface area contributed by atoms with Gasteiger partial charge in [0.25, 0.3) is 0 Å². The largest absolute Gasteiger partial charge is 0.198 e. The van der Waals surface area contributed by atoms with Crippen molar-refractivity contribution in [1.29, 1.82) is 5.26 Å². The van der Waals surface area contributed by atoms with Gasteiger partial charge < -0.3 is 0 Å². The van der Waals surface area contributed by atoms with Crippen LogP contribution in [0.1, 0.15) is 26.7 Å². The Balaban J connectivity index is 3.35. The Hall–Kier alpha value is -0.910. The van der Waals surface area contributed by atoms with Crippen LogP contribution in [0.5, 0.6) is 0 Å². The molecule has 0 fully saturated rings. The third-order valence-corrected chi connectivity index (χ3v) is 1.09. The smallest absolute Gasteiger partial charge is 0.0690 e. The molecule has 0 aliphatic heterocycles. The van der Waals surface area contributed by atoms with Gasteiger partial charge in [-0.2, -0.15) is 15.5 Å². The number of nitrogens with zero attached hydrogens (tertiary/aromatic N) is 3. The van der Waals surface area contributed by atoms with E-state index in [2.05, 4.69) is 16.3 Å². The van der Waals surface area contributed by atoms with Crippen LogP contribution in [0, 0.1) is 11.3 Å². The van der Waals surface area contributed by atoms with Crippen molar-refractivity contribution in [1.82, 2.24) is 0 Å². The summed E-state index contributed by atoms with van der Waals surface area (Å²) < 4.78 is 0. The summed E-state index contributed by atoms with van der Waals surface area (Å²) in [6, 6.07) is 2.28. The highest BCUT2D eigenvalue weighted by Crippen LogP contribution is 1.99. The number of rotatable bonds is 4. The lowest BCUT2D eigenvalue weighted by Gasteiger charge is -1.97. The van der Waals surface area contributed by atoms with Crippen molar-refractivity contribution < 1.29 is 0 Å². The SMILES string of the molecule is CCN=NC(C)CCC#N. The molecule has 3 nitrogen and oxygen atoms in total. The second-order valence-corrected chi connectivity index (χ2v) is 2.12. The molecule has 56 valence electrons. The van der Waals surface area contributed by atoms with Crippen molar-refractivity contribution >= 4 is 0 Å². The van der Waals surface area contributed by atoms with E-state index in [1.54, 1.807) is 0 Å². The molecule has 0 aromatic rings. The fraction of sp³-hybridized carbons (Fsp3) is 0.857. The molecule has 0 heterocycles. The van der Waals surface area contributed by atoms with Crippen molar-refractivity contribution in [3.8, 4) is 6.07 Å². The molecule has 0 saturated carbocycles. The number of nitriles is 1. The van der Waals surface area contributed by atoms with Gasteiger partial charge in [0.1, 0.15) is 0 Å². The fourth-order valence-electron chi connectivity index (χ4n) is 0.552. The van der Waals surface area contributed by atoms with Gasteiger partial charge in [-0.15, -0.1) is 0 Å². The summed E-state index contributed by atoms with van der Waals surface area (Å²) in [7, 11) is 0. The Labute approximate surface area is 61.8 Å². The van der Waals surface area contributed by atoms with Crippen LogP contribution in [0.25, 0.3) is 0 Å². The minimum absolute atomic E-state index is 0.208. The van der Waals surface area contributed by atoms with Crippen molar-refractivity contribution in [3.05, 3.63) is 0 Å². The van der Waals surface area contributed by atoms with E-state index >= 15 is 0 Å². The van der Waals surface area contributed by atoms with E-state index in [4.69, 9.17) is 5.26 Å². The van der Waals surface area contributed by atoms with Crippen molar-refractivity contribution in [2.45, 2.75) is 32.7 Å². The Kier molecular flexibility index (Phi) is 5.65. The van der Waals surface area contributed by atoms with Crippen molar-refractivity contribution in [3.63, 3.8) is 0 Å². The van der Waals surface area contributed by atoms with Gasteiger partial charge in [0.15, 0.2) is 0 Å². The first kappa shape index (κ1) is 9.09. The van der Waals surface area contributed by atoms with E-state index in [1.165, 1.54) is 0 Å². The van der Waals surface area contributed by atoms with Gasteiger partial charge in [-0.1, -0.05) is 0 Å². The second kappa shape index (κ2) is 6.21. The predicted octanol–water partition coefficient (Wildman–Crippen LogP) is 2.15. The molecule has 0 saturated heterocycles. The van der Waals surface area contributed by atoms with Crippen LogP contribution in [-0.4, -0.2) is 12.6 Å². The lowest BCUT2D eigenvalue weighted by molar-refractivity contribution is 0.637. The highest BCUT2D eigenvalue weighted by atomic mass is 15.1. The number of hydrogen-bond acceptors (Lipinski definition) is 3. The zero-order valence-electron chi connectivity index (χ0n) is 6.54. The molecule has 1 unspecified atom stereocenters. The summed E-state index contributed by atoms with van der Waals surface area (Å²) in [5.41, 5.74) is 0. The maximum Gasteiger partial charge on any atom is 0.0690 e. The first-order valence-electron chi connectivity index (χ1n) is 3.54. The van der Waals surface area contributed by atoms with Crippen LogP contribution >= 0.6 is 0 Å². The molecule has 0 aromatic heterocycles. The van der Waals surface area contributed by atoms with Crippen LogP contribution in [0.4, 0.5) is 0 Å². The molecule has 0 aliphatic carbocycles. The minimum Gasteiger partial charge on any atom is -0.198 e. The van der Waals surface area contributed by atoms with Gasteiger partial charge in [-0.05, 0) is 20.3 Å². The molecule has 3 heteroatoms. The third kappa shape index (κ3) is 5.23. The summed E-state index contributed by atoms with van der Waals surface area (Å²) in [4.78, 5) is 0. The average Bonchev–Trinajstić information content (AvgIpc) is 1.97. The molecule has 0 bridgehead atoms. The molecular formula is C7H13N3. The maximum atomic E-state index is 8.22. The third-order valence-electron chi connectivity index (χ3n) is 1.09. The Morgan fingerprint density at radius 2 is 2.30 bits per heavy atom. The number of hydrogen-bond donors (Lipinski definition) is 0. The Bertz CT molecular complexity index is 134. The molecule has 0 N–H and O–H groups in total. The molecule has 10 heavy (non-hydrogen) atoms. The Morgan fingerprint density at radius 3 is 2.80 bits per heavy atom. The number of azo groups is 1. The normalized spacial score (nSPS) is 13.3. The van der Waals surface area contributed by atoms with Crippen LogP contribution in [0.2, 0.25) is 0 Å². The molecule has 1 atom stereocenters. The maximum absolute atomic E-state index is 8.22. The first-order valence-corrected chi connectivity index (χ1v) is 3.54. The van der Waals surface area contributed by atoms with Gasteiger partial charge in [0.05, 0.1) is 18.7 Å². The molecule has 0 aliphatic rings. The van der Waals surface area contributed by atoms with E-state index in [-0.39, 0.29) is 6.04 Å². The van der Waals surface area contributed by atoms with Crippen LogP contribution in [0.15, 0.2) is 10.2 Å². The molecule has 0 aromatic carbocycles. The quantitative estimate of drug-likeness (QED) is 0.550.